The molecule has 180 valence electrons. The molecule has 0 aromatic heterocycles. The number of nitrogens with one attached hydrogen (secondary N) is 1. The van der Waals surface area contributed by atoms with Gasteiger partial charge in [-0.15, -0.1) is 0 Å². The van der Waals surface area contributed by atoms with Crippen molar-refractivity contribution in [3.8, 4) is 17.2 Å². The SMILES string of the molecule is COc1ccc(S(=O)(=O)N2CCCCCC2)cc1NS(=O)(=O)c1ccc2c(c1)OCCCO2. The first kappa shape index (κ1) is 23.7. The smallest absolute Gasteiger partial charge is 0.262 e. The first-order valence-electron chi connectivity index (χ1n) is 10.9. The van der Waals surface area contributed by atoms with E-state index in [0.29, 0.717) is 44.2 Å². The predicted molar refractivity (Wildman–Crippen MR) is 123 cm³/mol. The van der Waals surface area contributed by atoms with Gasteiger partial charge < -0.3 is 14.2 Å². The number of anilines is 1. The van der Waals surface area contributed by atoms with Crippen LogP contribution in [0.2, 0.25) is 0 Å². The second-order valence-electron chi connectivity index (χ2n) is 7.94. The number of rotatable bonds is 6. The van der Waals surface area contributed by atoms with E-state index in [1.165, 1.54) is 41.7 Å². The molecule has 0 saturated carbocycles. The van der Waals surface area contributed by atoms with Crippen LogP contribution in [0.3, 0.4) is 0 Å². The highest BCUT2D eigenvalue weighted by Crippen LogP contribution is 2.35. The van der Waals surface area contributed by atoms with Crippen LogP contribution in [0.4, 0.5) is 5.69 Å². The molecule has 2 aliphatic rings. The maximum Gasteiger partial charge on any atom is 0.262 e. The summed E-state index contributed by atoms with van der Waals surface area (Å²) in [5.74, 6) is 1.04. The van der Waals surface area contributed by atoms with E-state index in [1.807, 2.05) is 0 Å². The Labute approximate surface area is 194 Å². The molecule has 33 heavy (non-hydrogen) atoms. The van der Waals surface area contributed by atoms with E-state index in [9.17, 15) is 16.8 Å². The van der Waals surface area contributed by atoms with Gasteiger partial charge in [0.05, 0.1) is 35.8 Å². The number of hydrogen-bond donors (Lipinski definition) is 1. The van der Waals surface area contributed by atoms with E-state index in [-0.39, 0.29) is 21.2 Å². The first-order valence-corrected chi connectivity index (χ1v) is 13.8. The highest BCUT2D eigenvalue weighted by molar-refractivity contribution is 7.92. The molecule has 1 saturated heterocycles. The summed E-state index contributed by atoms with van der Waals surface area (Å²) in [6.07, 6.45) is 4.30. The Hall–Kier alpha value is -2.50. The summed E-state index contributed by atoms with van der Waals surface area (Å²) in [6, 6.07) is 8.56. The van der Waals surface area contributed by atoms with Crippen molar-refractivity contribution >= 4 is 25.7 Å². The molecule has 0 radical (unpaired) electrons. The first-order chi connectivity index (χ1) is 15.8. The molecule has 11 heteroatoms. The number of ether oxygens (including phenoxy) is 3. The molecule has 4 rings (SSSR count). The molecule has 0 aliphatic carbocycles. The third-order valence-electron chi connectivity index (χ3n) is 5.65. The van der Waals surface area contributed by atoms with Crippen LogP contribution in [-0.2, 0) is 20.0 Å². The summed E-state index contributed by atoms with van der Waals surface area (Å²) in [4.78, 5) is -0.0175. The van der Waals surface area contributed by atoms with Crippen LogP contribution in [0, 0.1) is 0 Å². The number of nitrogens with zero attached hydrogens (tertiary/aromatic N) is 1. The summed E-state index contributed by atoms with van der Waals surface area (Å²) in [5, 5.41) is 0. The molecule has 0 bridgehead atoms. The summed E-state index contributed by atoms with van der Waals surface area (Å²) >= 11 is 0. The third-order valence-corrected chi connectivity index (χ3v) is 8.91. The molecule has 2 heterocycles. The van der Waals surface area contributed by atoms with Gasteiger partial charge >= 0.3 is 0 Å². The lowest BCUT2D eigenvalue weighted by molar-refractivity contribution is 0.297. The largest absolute Gasteiger partial charge is 0.495 e. The maximum atomic E-state index is 13.2. The third kappa shape index (κ3) is 5.20. The summed E-state index contributed by atoms with van der Waals surface area (Å²) < 4.78 is 73.0. The Bertz CT molecular complexity index is 1210. The second-order valence-corrected chi connectivity index (χ2v) is 11.6. The molecule has 0 atom stereocenters. The number of benzene rings is 2. The minimum absolute atomic E-state index is 0.0153. The van der Waals surface area contributed by atoms with Gasteiger partial charge in [-0.05, 0) is 43.2 Å². The molecule has 9 nitrogen and oxygen atoms in total. The highest BCUT2D eigenvalue weighted by atomic mass is 32.2. The minimum atomic E-state index is -4.06. The molecule has 1 N–H and O–H groups in total. The van der Waals surface area contributed by atoms with Crippen molar-refractivity contribution in [2.75, 3.05) is 38.1 Å². The van der Waals surface area contributed by atoms with E-state index < -0.39 is 20.0 Å². The fourth-order valence-electron chi connectivity index (χ4n) is 3.87. The molecule has 0 spiro atoms. The summed E-state index contributed by atoms with van der Waals surface area (Å²) in [5.41, 5.74) is 0.0421. The summed E-state index contributed by atoms with van der Waals surface area (Å²) in [7, 11) is -6.43. The quantitative estimate of drug-likeness (QED) is 0.654. The van der Waals surface area contributed by atoms with Gasteiger partial charge in [0.15, 0.2) is 11.5 Å². The Balaban J connectivity index is 1.65. The zero-order chi connectivity index (χ0) is 23.5. The van der Waals surface area contributed by atoms with Crippen molar-refractivity contribution in [1.82, 2.24) is 4.31 Å². The maximum absolute atomic E-state index is 13.2. The lowest BCUT2D eigenvalue weighted by atomic mass is 10.2. The van der Waals surface area contributed by atoms with E-state index in [1.54, 1.807) is 6.07 Å². The van der Waals surface area contributed by atoms with E-state index in [0.717, 1.165) is 25.7 Å². The standard InChI is InChI=1S/C22H28N2O7S2/c1-29-20-9-8-18(33(27,28)24-11-4-2-3-5-12-24)15-19(20)23-32(25,26)17-7-10-21-22(16-17)31-14-6-13-30-21/h7-10,15-16,23H,2-6,11-14H2,1H3. The molecule has 2 aromatic carbocycles. The van der Waals surface area contributed by atoms with E-state index >= 15 is 0 Å². The lowest BCUT2D eigenvalue weighted by Crippen LogP contribution is -2.32. The molecule has 0 amide bonds. The van der Waals surface area contributed by atoms with Crippen LogP contribution in [0.1, 0.15) is 32.1 Å². The average molecular weight is 497 g/mol. The van der Waals surface area contributed by atoms with Crippen molar-refractivity contribution < 1.29 is 31.0 Å². The zero-order valence-electron chi connectivity index (χ0n) is 18.4. The normalized spacial score (nSPS) is 17.6. The monoisotopic (exact) mass is 496 g/mol. The van der Waals surface area contributed by atoms with Crippen molar-refractivity contribution in [1.29, 1.82) is 0 Å². The van der Waals surface area contributed by atoms with Crippen LogP contribution in [0.5, 0.6) is 17.2 Å². The van der Waals surface area contributed by atoms with Crippen LogP contribution < -0.4 is 18.9 Å². The van der Waals surface area contributed by atoms with Gasteiger partial charge in [0, 0.05) is 25.6 Å². The fourth-order valence-corrected chi connectivity index (χ4v) is 6.49. The molecule has 2 aliphatic heterocycles. The zero-order valence-corrected chi connectivity index (χ0v) is 20.1. The number of fused-ring (bicyclic) bond motifs is 1. The van der Waals surface area contributed by atoms with Gasteiger partial charge in [-0.2, -0.15) is 4.31 Å². The minimum Gasteiger partial charge on any atom is -0.495 e. The molecular weight excluding hydrogens is 468 g/mol. The Morgan fingerprint density at radius 2 is 1.48 bits per heavy atom. The molecule has 1 fully saturated rings. The molecule has 0 unspecified atom stereocenters. The van der Waals surface area contributed by atoms with Crippen LogP contribution in [-0.4, -0.2) is 54.6 Å². The Morgan fingerprint density at radius 1 is 0.818 bits per heavy atom. The van der Waals surface area contributed by atoms with Gasteiger partial charge in [0.25, 0.3) is 10.0 Å². The second kappa shape index (κ2) is 9.78. The fraction of sp³-hybridized carbons (Fsp3) is 0.455. The van der Waals surface area contributed by atoms with Crippen molar-refractivity contribution in [2.24, 2.45) is 0 Å². The topological polar surface area (TPSA) is 111 Å². The average Bonchev–Trinajstić information content (AvgIpc) is 3.22. The highest BCUT2D eigenvalue weighted by Gasteiger charge is 2.27. The van der Waals surface area contributed by atoms with Gasteiger partial charge in [0.1, 0.15) is 5.75 Å². The van der Waals surface area contributed by atoms with Gasteiger partial charge in [0.2, 0.25) is 10.0 Å². The Kier molecular flexibility index (Phi) is 7.01. The number of sulfonamides is 2. The Morgan fingerprint density at radius 3 is 2.18 bits per heavy atom. The van der Waals surface area contributed by atoms with Crippen LogP contribution in [0.15, 0.2) is 46.2 Å². The van der Waals surface area contributed by atoms with Crippen molar-refractivity contribution in [3.63, 3.8) is 0 Å². The van der Waals surface area contributed by atoms with Crippen LogP contribution >= 0.6 is 0 Å². The lowest BCUT2D eigenvalue weighted by Gasteiger charge is -2.21. The van der Waals surface area contributed by atoms with E-state index in [4.69, 9.17) is 14.2 Å². The summed E-state index contributed by atoms with van der Waals surface area (Å²) in [6.45, 7) is 1.82. The van der Waals surface area contributed by atoms with Gasteiger partial charge in [-0.1, -0.05) is 12.8 Å². The van der Waals surface area contributed by atoms with E-state index in [2.05, 4.69) is 4.72 Å². The number of methoxy groups -OCH3 is 1. The molecule has 2 aromatic rings. The van der Waals surface area contributed by atoms with Gasteiger partial charge in [-0.3, -0.25) is 4.72 Å². The number of hydrogen-bond acceptors (Lipinski definition) is 7. The predicted octanol–water partition coefficient (Wildman–Crippen LogP) is 3.22. The van der Waals surface area contributed by atoms with Crippen LogP contribution in [0.25, 0.3) is 0 Å². The van der Waals surface area contributed by atoms with Gasteiger partial charge in [-0.25, -0.2) is 16.8 Å². The van der Waals surface area contributed by atoms with Crippen molar-refractivity contribution in [2.45, 2.75) is 41.9 Å². The van der Waals surface area contributed by atoms with Crippen molar-refractivity contribution in [3.05, 3.63) is 36.4 Å². The molecular formula is C22H28N2O7S2.